The van der Waals surface area contributed by atoms with Gasteiger partial charge in [0.1, 0.15) is 34.1 Å². The number of fused-ring (bicyclic) bond motifs is 3. The second kappa shape index (κ2) is 23.4. The second-order valence-corrected chi connectivity index (χ2v) is 26.0. The number of rotatable bonds is 13. The summed E-state index contributed by atoms with van der Waals surface area (Å²) >= 11 is 0. The Morgan fingerprint density at radius 2 is 1.45 bits per heavy atom. The Morgan fingerprint density at radius 3 is 2.10 bits per heavy atom. The predicted molar refractivity (Wildman–Crippen MR) is 318 cm³/mol. The summed E-state index contributed by atoms with van der Waals surface area (Å²) in [4.78, 5) is 68.8. The van der Waals surface area contributed by atoms with Crippen molar-refractivity contribution in [2.24, 2.45) is 5.41 Å². The molecule has 2 unspecified atom stereocenters. The number of nitrogens with one attached hydrogen (secondary N) is 1. The maximum atomic E-state index is 17.0. The van der Waals surface area contributed by atoms with E-state index in [-0.39, 0.29) is 48.3 Å². The van der Waals surface area contributed by atoms with Gasteiger partial charge in [0, 0.05) is 107 Å². The Morgan fingerprint density at radius 1 is 0.774 bits per heavy atom. The normalized spacial score (nSPS) is 21.3. The van der Waals surface area contributed by atoms with Crippen LogP contribution in [0.5, 0.6) is 5.75 Å². The zero-order valence-corrected chi connectivity index (χ0v) is 49.9. The van der Waals surface area contributed by atoms with Crippen LogP contribution < -0.4 is 34.6 Å². The number of urea groups is 1. The van der Waals surface area contributed by atoms with Gasteiger partial charge in [-0.2, -0.15) is 4.90 Å². The van der Waals surface area contributed by atoms with Crippen LogP contribution in [-0.4, -0.2) is 144 Å². The number of anilines is 5. The van der Waals surface area contributed by atoms with E-state index in [2.05, 4.69) is 47.9 Å². The number of benzene rings is 2. The minimum Gasteiger partial charge on any atom is -0.467 e. The van der Waals surface area contributed by atoms with Crippen LogP contribution >= 0.6 is 0 Å². The SMILES string of the molecule is CCc1cn(C2CCC3(CC2)CCN(CC2(F)CCN(c4cc(N5C6CCC5CN(c5cc(-c7ccccc7OCOC)nnc5N(C(=O)OC(C)(C)C)C(=O)OC(C)(C)C)C6)ccc4F)CC2)CC3)c2ncc(N3CCC(=O)NC3=O)cc12. The molecule has 5 aromatic rings. The number of halogens is 2. The van der Waals surface area contributed by atoms with E-state index in [0.717, 1.165) is 92.5 Å². The first kappa shape index (κ1) is 58.6. The number of likely N-dealkylation sites (tertiary alicyclic amines) is 1. The van der Waals surface area contributed by atoms with E-state index in [1.54, 1.807) is 58.7 Å². The van der Waals surface area contributed by atoms with Crippen molar-refractivity contribution in [3.8, 4) is 17.0 Å². The minimum atomic E-state index is -1.38. The van der Waals surface area contributed by atoms with Crippen molar-refractivity contribution in [2.45, 2.75) is 161 Å². The first-order chi connectivity index (χ1) is 40.1. The third-order valence-electron chi connectivity index (χ3n) is 18.0. The Balaban J connectivity index is 0.736. The number of imide groups is 2. The lowest BCUT2D eigenvalue weighted by atomic mass is 9.67. The summed E-state index contributed by atoms with van der Waals surface area (Å²) in [5.41, 5.74) is 2.69. The quantitative estimate of drug-likeness (QED) is 0.110. The number of aryl methyl sites for hydroxylation is 1. The number of alkyl halides is 1. The van der Waals surface area contributed by atoms with Gasteiger partial charge in [-0.05, 0) is 166 Å². The number of amides is 5. The van der Waals surface area contributed by atoms with Crippen LogP contribution in [0.3, 0.4) is 0 Å². The maximum Gasteiger partial charge on any atom is 0.425 e. The number of hydrogen-bond donors (Lipinski definition) is 1. The molecular weight excluding hydrogens is 1080 g/mol. The Bertz CT molecular complexity index is 3220. The second-order valence-electron chi connectivity index (χ2n) is 26.0. The molecule has 21 heteroatoms. The van der Waals surface area contributed by atoms with E-state index in [1.807, 2.05) is 47.4 Å². The van der Waals surface area contributed by atoms with Crippen LogP contribution in [0, 0.1) is 11.2 Å². The van der Waals surface area contributed by atoms with Gasteiger partial charge in [0.25, 0.3) is 0 Å². The molecule has 5 amide bonds. The molecule has 1 spiro atoms. The van der Waals surface area contributed by atoms with E-state index in [9.17, 15) is 19.2 Å². The van der Waals surface area contributed by atoms with Crippen LogP contribution in [0.4, 0.5) is 51.7 Å². The zero-order chi connectivity index (χ0) is 59.3. The van der Waals surface area contributed by atoms with Gasteiger partial charge in [-0.3, -0.25) is 15.0 Å². The van der Waals surface area contributed by atoms with Crippen molar-refractivity contribution in [2.75, 3.05) is 90.8 Å². The summed E-state index contributed by atoms with van der Waals surface area (Å²) in [6.07, 6.45) is 11.9. The highest BCUT2D eigenvalue weighted by Gasteiger charge is 2.46. The lowest BCUT2D eigenvalue weighted by molar-refractivity contribution is -0.120. The summed E-state index contributed by atoms with van der Waals surface area (Å²) in [6, 6.07) is 16.4. The van der Waals surface area contributed by atoms with Crippen molar-refractivity contribution < 1.29 is 46.9 Å². The topological polar surface area (TPSA) is 180 Å². The fraction of sp³-hybridized carbons (Fsp3) is 0.571. The molecule has 5 aliphatic heterocycles. The predicted octanol–water partition coefficient (Wildman–Crippen LogP) is 11.4. The Hall–Kier alpha value is -7.13. The number of methoxy groups -OCH3 is 1. The largest absolute Gasteiger partial charge is 0.467 e. The van der Waals surface area contributed by atoms with Crippen molar-refractivity contribution in [1.29, 1.82) is 0 Å². The van der Waals surface area contributed by atoms with Crippen molar-refractivity contribution in [3.05, 3.63) is 78.4 Å². The van der Waals surface area contributed by atoms with E-state index in [0.29, 0.717) is 92.2 Å². The molecule has 6 fully saturated rings. The number of aromatic nitrogens is 4. The minimum absolute atomic E-state index is 0.00241. The number of hydrogen-bond acceptors (Lipinski definition) is 15. The molecule has 19 nitrogen and oxygen atoms in total. The molecule has 450 valence electrons. The summed E-state index contributed by atoms with van der Waals surface area (Å²) in [5, 5.41) is 12.6. The van der Waals surface area contributed by atoms with E-state index < -0.39 is 35.1 Å². The first-order valence-corrected chi connectivity index (χ1v) is 30.0. The number of ether oxygens (including phenoxy) is 4. The Kier molecular flexibility index (Phi) is 16.3. The van der Waals surface area contributed by atoms with Crippen molar-refractivity contribution >= 4 is 63.7 Å². The molecule has 3 aromatic heterocycles. The monoisotopic (exact) mass is 1160 g/mol. The van der Waals surface area contributed by atoms with Crippen LogP contribution in [0.1, 0.15) is 131 Å². The molecule has 1 aliphatic carbocycles. The fourth-order valence-corrected chi connectivity index (χ4v) is 13.7. The van der Waals surface area contributed by atoms with Crippen LogP contribution in [-0.2, 0) is 25.4 Å². The van der Waals surface area contributed by atoms with Gasteiger partial charge >= 0.3 is 18.2 Å². The van der Waals surface area contributed by atoms with Gasteiger partial charge in [0.05, 0.1) is 29.0 Å². The van der Waals surface area contributed by atoms with Crippen LogP contribution in [0.15, 0.2) is 67.0 Å². The highest BCUT2D eigenvalue weighted by Crippen LogP contribution is 2.49. The first-order valence-electron chi connectivity index (χ1n) is 30.0. The van der Waals surface area contributed by atoms with Gasteiger partial charge in [0.15, 0.2) is 12.6 Å². The summed E-state index contributed by atoms with van der Waals surface area (Å²) in [7, 11) is 1.54. The van der Waals surface area contributed by atoms with Gasteiger partial charge in [0.2, 0.25) is 5.91 Å². The third kappa shape index (κ3) is 12.4. The van der Waals surface area contributed by atoms with Gasteiger partial charge in [-0.25, -0.2) is 28.1 Å². The number of nitrogens with zero attached hydrogens (tertiary/aromatic N) is 10. The summed E-state index contributed by atoms with van der Waals surface area (Å²) in [6.45, 7) is 16.7. The molecule has 1 saturated carbocycles. The van der Waals surface area contributed by atoms with Gasteiger partial charge in [-0.1, -0.05) is 19.1 Å². The average molecular weight is 1160 g/mol. The number of pyridine rings is 1. The number of piperazine rings is 1. The van der Waals surface area contributed by atoms with E-state index in [1.165, 1.54) is 18.7 Å². The van der Waals surface area contributed by atoms with Crippen molar-refractivity contribution in [1.82, 2.24) is 30.0 Å². The number of carbonyl (C=O) groups excluding carboxylic acids is 4. The van der Waals surface area contributed by atoms with Crippen LogP contribution in [0.25, 0.3) is 22.3 Å². The molecule has 11 rings (SSSR count). The average Bonchev–Trinajstić information content (AvgIpc) is 3.23. The molecule has 2 aromatic carbocycles. The molecule has 0 radical (unpaired) electrons. The lowest BCUT2D eigenvalue weighted by Gasteiger charge is -2.48. The van der Waals surface area contributed by atoms with E-state index >= 15 is 8.78 Å². The lowest BCUT2D eigenvalue weighted by Crippen LogP contribution is -2.55. The zero-order valence-electron chi connectivity index (χ0n) is 49.9. The summed E-state index contributed by atoms with van der Waals surface area (Å²) in [5.74, 6) is -0.127. The molecular formula is C63H81F2N11O8. The van der Waals surface area contributed by atoms with E-state index in [4.69, 9.17) is 23.9 Å². The highest BCUT2D eigenvalue weighted by molar-refractivity contribution is 6.11. The summed E-state index contributed by atoms with van der Waals surface area (Å²) < 4.78 is 58.2. The molecule has 5 saturated heterocycles. The van der Waals surface area contributed by atoms with Gasteiger partial charge in [-0.15, -0.1) is 10.2 Å². The third-order valence-corrected chi connectivity index (χ3v) is 18.0. The molecule has 2 bridgehead atoms. The smallest absolute Gasteiger partial charge is 0.425 e. The maximum absolute atomic E-state index is 17.0. The van der Waals surface area contributed by atoms with Gasteiger partial charge < -0.3 is 43.1 Å². The molecule has 2 atom stereocenters. The number of carbonyl (C=O) groups is 4. The Labute approximate surface area is 490 Å². The highest BCUT2D eigenvalue weighted by atomic mass is 19.1. The molecule has 1 N–H and O–H groups in total. The molecule has 84 heavy (non-hydrogen) atoms. The fourth-order valence-electron chi connectivity index (χ4n) is 13.7. The number of piperidine rings is 2. The van der Waals surface area contributed by atoms with Crippen molar-refractivity contribution in [3.63, 3.8) is 0 Å². The van der Waals surface area contributed by atoms with Crippen LogP contribution in [0.2, 0.25) is 0 Å². The number of para-hydroxylation sites is 1. The molecule has 8 heterocycles. The standard InChI is InChI=1S/C63H81F2N11O8/c1-9-41-36-74(55-48(41)32-46(35-66-55)73-27-20-54(77)67-57(73)78)42-18-21-62(22-19-42)23-28-70(29-24-62)39-63(65)25-30-71(31-26-63)51-33-43(16-17-49(51)64)75-44-14-15-45(75)38-72(37-44)52-34-50(47-12-10-11-13-53(47)82-40-81-8)68-69-56(52)76(58(79)83-60(2,3)4)59(80)84-61(5,6)7/h10-13,16-17,32-36,42,44-45H,9,14-15,18-31,37-40H2,1-8H3,(H,67,77,78). The molecule has 6 aliphatic rings.